The van der Waals surface area contributed by atoms with Gasteiger partial charge in [-0.3, -0.25) is 0 Å². The second-order valence-corrected chi connectivity index (χ2v) is 4.34. The Morgan fingerprint density at radius 3 is 2.79 bits per heavy atom. The van der Waals surface area contributed by atoms with Gasteiger partial charge in [0.25, 0.3) is 0 Å². The van der Waals surface area contributed by atoms with Crippen LogP contribution < -0.4 is 4.74 Å². The van der Waals surface area contributed by atoms with Crippen molar-refractivity contribution in [3.63, 3.8) is 0 Å². The molecule has 6 heteroatoms. The Morgan fingerprint density at radius 2 is 2.26 bits per heavy atom. The van der Waals surface area contributed by atoms with Crippen molar-refractivity contribution in [1.82, 2.24) is 9.97 Å². The monoisotopic (exact) mass is 263 g/mol. The molecule has 0 aliphatic heterocycles. The number of nitriles is 1. The molecule has 102 valence electrons. The molecule has 0 bridgehead atoms. The van der Waals surface area contributed by atoms with Crippen LogP contribution in [0.15, 0.2) is 12.3 Å². The van der Waals surface area contributed by atoms with Gasteiger partial charge in [-0.1, -0.05) is 0 Å². The molecule has 1 aromatic heterocycles. The minimum absolute atomic E-state index is 0.0568. The van der Waals surface area contributed by atoms with E-state index in [1.165, 1.54) is 13.1 Å². The zero-order valence-corrected chi connectivity index (χ0v) is 11.5. The Bertz CT molecular complexity index is 496. The topological polar surface area (TPSA) is 85.1 Å². The van der Waals surface area contributed by atoms with Gasteiger partial charge in [0.1, 0.15) is 0 Å². The lowest BCUT2D eigenvalue weighted by molar-refractivity contribution is -0.147. The van der Waals surface area contributed by atoms with Gasteiger partial charge in [0.2, 0.25) is 11.3 Å². The van der Waals surface area contributed by atoms with Gasteiger partial charge < -0.3 is 9.47 Å². The summed E-state index contributed by atoms with van der Waals surface area (Å²) in [7, 11) is 0. The van der Waals surface area contributed by atoms with Crippen molar-refractivity contribution in [2.75, 3.05) is 6.61 Å². The van der Waals surface area contributed by atoms with E-state index in [4.69, 9.17) is 9.47 Å². The lowest BCUT2D eigenvalue weighted by Crippen LogP contribution is -2.35. The van der Waals surface area contributed by atoms with Crippen molar-refractivity contribution in [2.45, 2.75) is 39.2 Å². The van der Waals surface area contributed by atoms with E-state index in [1.54, 1.807) is 13.0 Å². The predicted molar refractivity (Wildman–Crippen MR) is 67.4 cm³/mol. The van der Waals surface area contributed by atoms with E-state index in [-0.39, 0.29) is 18.5 Å². The van der Waals surface area contributed by atoms with Crippen molar-refractivity contribution < 1.29 is 14.3 Å². The van der Waals surface area contributed by atoms with Crippen LogP contribution in [0.4, 0.5) is 0 Å². The highest BCUT2D eigenvalue weighted by molar-refractivity contribution is 5.85. The molecule has 0 amide bonds. The average molecular weight is 263 g/mol. The third kappa shape index (κ3) is 3.41. The molecule has 1 heterocycles. The van der Waals surface area contributed by atoms with Crippen molar-refractivity contribution in [1.29, 1.82) is 5.26 Å². The average Bonchev–Trinajstić information content (AvgIpc) is 2.37. The van der Waals surface area contributed by atoms with E-state index >= 15 is 0 Å². The molecule has 19 heavy (non-hydrogen) atoms. The molecule has 0 aliphatic rings. The molecule has 0 spiro atoms. The van der Waals surface area contributed by atoms with E-state index in [0.29, 0.717) is 5.88 Å². The fourth-order valence-corrected chi connectivity index (χ4v) is 1.35. The lowest BCUT2D eigenvalue weighted by Gasteiger charge is -2.18. The molecular weight excluding hydrogens is 246 g/mol. The zero-order chi connectivity index (χ0) is 14.5. The van der Waals surface area contributed by atoms with Gasteiger partial charge in [0, 0.05) is 12.3 Å². The second kappa shape index (κ2) is 6.14. The lowest BCUT2D eigenvalue weighted by atomic mass is 9.92. The van der Waals surface area contributed by atoms with Crippen LogP contribution in [0.25, 0.3) is 0 Å². The number of rotatable bonds is 5. The standard InChI is InChI=1S/C13H17N3O3/c1-5-18-12(17)13(4,8-14)11-15-7-6-10(16-11)19-9(2)3/h6-7,9H,5H2,1-4H3. The minimum atomic E-state index is -1.54. The SMILES string of the molecule is CCOC(=O)C(C)(C#N)c1nccc(OC(C)C)n1. The first kappa shape index (κ1) is 14.9. The maximum absolute atomic E-state index is 11.9. The summed E-state index contributed by atoms with van der Waals surface area (Å²) >= 11 is 0. The fourth-order valence-electron chi connectivity index (χ4n) is 1.35. The number of hydrogen-bond acceptors (Lipinski definition) is 6. The van der Waals surface area contributed by atoms with Crippen LogP contribution in [-0.2, 0) is 14.9 Å². The van der Waals surface area contributed by atoms with Gasteiger partial charge in [0.05, 0.1) is 18.8 Å². The van der Waals surface area contributed by atoms with Crippen LogP contribution in [0.2, 0.25) is 0 Å². The number of nitrogens with zero attached hydrogens (tertiary/aromatic N) is 3. The van der Waals surface area contributed by atoms with Crippen LogP contribution in [0, 0.1) is 11.3 Å². The molecule has 0 aliphatic carbocycles. The predicted octanol–water partition coefficient (Wildman–Crippen LogP) is 1.61. The summed E-state index contributed by atoms with van der Waals surface area (Å²) in [6, 6.07) is 3.48. The minimum Gasteiger partial charge on any atom is -0.475 e. The van der Waals surface area contributed by atoms with Crippen LogP contribution >= 0.6 is 0 Å². The number of ether oxygens (including phenoxy) is 2. The van der Waals surface area contributed by atoms with Crippen LogP contribution in [-0.4, -0.2) is 28.6 Å². The third-order valence-electron chi connectivity index (χ3n) is 2.34. The maximum Gasteiger partial charge on any atom is 0.334 e. The number of esters is 1. The van der Waals surface area contributed by atoms with Crippen LogP contribution in [0.5, 0.6) is 5.88 Å². The first-order valence-corrected chi connectivity index (χ1v) is 6.02. The van der Waals surface area contributed by atoms with Gasteiger partial charge in [0.15, 0.2) is 5.82 Å². The summed E-state index contributed by atoms with van der Waals surface area (Å²) in [5.41, 5.74) is -1.54. The summed E-state index contributed by atoms with van der Waals surface area (Å²) in [6.45, 7) is 7.01. The molecule has 1 aromatic rings. The second-order valence-electron chi connectivity index (χ2n) is 4.34. The molecule has 0 aromatic carbocycles. The van der Waals surface area contributed by atoms with Gasteiger partial charge in [-0.25, -0.2) is 9.78 Å². The maximum atomic E-state index is 11.9. The largest absolute Gasteiger partial charge is 0.475 e. The molecular formula is C13H17N3O3. The molecule has 6 nitrogen and oxygen atoms in total. The first-order chi connectivity index (χ1) is 8.93. The molecule has 0 radical (unpaired) electrons. The summed E-state index contributed by atoms with van der Waals surface area (Å²) in [4.78, 5) is 19.9. The Morgan fingerprint density at radius 1 is 1.58 bits per heavy atom. The number of hydrogen-bond donors (Lipinski definition) is 0. The molecule has 1 unspecified atom stereocenters. The highest BCUT2D eigenvalue weighted by Gasteiger charge is 2.40. The van der Waals surface area contributed by atoms with Crippen molar-refractivity contribution >= 4 is 5.97 Å². The smallest absolute Gasteiger partial charge is 0.334 e. The number of aromatic nitrogens is 2. The third-order valence-corrected chi connectivity index (χ3v) is 2.34. The Kier molecular flexibility index (Phi) is 4.81. The molecule has 0 saturated heterocycles. The summed E-state index contributed by atoms with van der Waals surface area (Å²) in [5.74, 6) is -0.267. The summed E-state index contributed by atoms with van der Waals surface area (Å²) in [6.07, 6.45) is 1.40. The number of carbonyl (C=O) groups excluding carboxylic acids is 1. The highest BCUT2D eigenvalue weighted by atomic mass is 16.5. The van der Waals surface area contributed by atoms with E-state index in [1.807, 2.05) is 19.9 Å². The molecule has 0 fully saturated rings. The van der Waals surface area contributed by atoms with E-state index in [0.717, 1.165) is 0 Å². The van der Waals surface area contributed by atoms with E-state index < -0.39 is 11.4 Å². The van der Waals surface area contributed by atoms with Crippen molar-refractivity contribution in [3.05, 3.63) is 18.1 Å². The summed E-state index contributed by atoms with van der Waals surface area (Å²) in [5, 5.41) is 9.24. The zero-order valence-electron chi connectivity index (χ0n) is 11.5. The quantitative estimate of drug-likeness (QED) is 0.750. The Hall–Kier alpha value is -2.16. The van der Waals surface area contributed by atoms with Gasteiger partial charge in [-0.2, -0.15) is 10.2 Å². The highest BCUT2D eigenvalue weighted by Crippen LogP contribution is 2.23. The number of carbonyl (C=O) groups is 1. The van der Waals surface area contributed by atoms with Crippen LogP contribution in [0.3, 0.4) is 0 Å². The molecule has 0 N–H and O–H groups in total. The molecule has 0 saturated carbocycles. The van der Waals surface area contributed by atoms with Crippen LogP contribution in [0.1, 0.15) is 33.5 Å². The van der Waals surface area contributed by atoms with Gasteiger partial charge in [-0.15, -0.1) is 0 Å². The fraction of sp³-hybridized carbons (Fsp3) is 0.538. The van der Waals surface area contributed by atoms with E-state index in [2.05, 4.69) is 9.97 Å². The Labute approximate surface area is 112 Å². The van der Waals surface area contributed by atoms with Gasteiger partial charge in [-0.05, 0) is 27.7 Å². The van der Waals surface area contributed by atoms with E-state index in [9.17, 15) is 10.1 Å². The Balaban J connectivity index is 3.12. The first-order valence-electron chi connectivity index (χ1n) is 6.02. The summed E-state index contributed by atoms with van der Waals surface area (Å²) < 4.78 is 10.3. The molecule has 1 atom stereocenters. The normalized spacial score (nSPS) is 13.5. The molecule has 1 rings (SSSR count). The van der Waals surface area contributed by atoms with Gasteiger partial charge >= 0.3 is 5.97 Å². The van der Waals surface area contributed by atoms with Crippen molar-refractivity contribution in [3.8, 4) is 11.9 Å². The van der Waals surface area contributed by atoms with Crippen molar-refractivity contribution in [2.24, 2.45) is 0 Å².